The molecule has 0 aliphatic rings. The molecule has 0 spiro atoms. The molecule has 0 unspecified atom stereocenters. The number of H-pyrrole nitrogens is 1. The number of aromatic amines is 1. The van der Waals surface area contributed by atoms with E-state index in [4.69, 9.17) is 5.41 Å². The lowest BCUT2D eigenvalue weighted by molar-refractivity contribution is 0.429. The lowest BCUT2D eigenvalue weighted by atomic mass is 10.0. The molecule has 0 aliphatic carbocycles. The molecule has 0 aromatic carbocycles. The van der Waals surface area contributed by atoms with E-state index in [1.807, 2.05) is 6.92 Å². The van der Waals surface area contributed by atoms with Crippen molar-refractivity contribution < 1.29 is 0 Å². The van der Waals surface area contributed by atoms with E-state index in [9.17, 15) is 4.79 Å². The Hall–Kier alpha value is -2.90. The minimum Gasteiger partial charge on any atom is -0.385 e. The van der Waals surface area contributed by atoms with Crippen LogP contribution < -0.4 is 10.9 Å². The summed E-state index contributed by atoms with van der Waals surface area (Å²) in [6, 6.07) is 0. The van der Waals surface area contributed by atoms with Crippen LogP contribution in [0.4, 0.5) is 0 Å². The Morgan fingerprint density at radius 3 is 2.85 bits per heavy atom. The molecule has 3 heterocycles. The standard InChI is InChI=1S/C18H25N7O/c1-5-8-25-16(26)13-15(24-9-7-20-17(24)25)23-14(22-13)12(10-19)11-21-18(3,4)6-2/h7,9-11,19,21H,5-6,8H2,1-4H3,(H,22,23)/b12-11+,19-10?. The zero-order valence-electron chi connectivity index (χ0n) is 15.6. The van der Waals surface area contributed by atoms with Gasteiger partial charge in [-0.1, -0.05) is 13.8 Å². The van der Waals surface area contributed by atoms with Crippen LogP contribution in [-0.4, -0.2) is 35.7 Å². The Kier molecular flexibility index (Phi) is 4.67. The van der Waals surface area contributed by atoms with Gasteiger partial charge < -0.3 is 15.7 Å². The van der Waals surface area contributed by atoms with Crippen LogP contribution in [0.2, 0.25) is 0 Å². The maximum atomic E-state index is 12.9. The van der Waals surface area contributed by atoms with Crippen molar-refractivity contribution in [3.05, 3.63) is 34.8 Å². The molecular weight excluding hydrogens is 330 g/mol. The molecule has 138 valence electrons. The summed E-state index contributed by atoms with van der Waals surface area (Å²) in [7, 11) is 0. The van der Waals surface area contributed by atoms with Gasteiger partial charge in [-0.2, -0.15) is 0 Å². The molecule has 0 bridgehead atoms. The third kappa shape index (κ3) is 3.02. The second-order valence-corrected chi connectivity index (χ2v) is 6.96. The Bertz CT molecular complexity index is 1040. The van der Waals surface area contributed by atoms with Gasteiger partial charge >= 0.3 is 0 Å². The van der Waals surface area contributed by atoms with Gasteiger partial charge in [-0.3, -0.25) is 13.8 Å². The average molecular weight is 355 g/mol. The van der Waals surface area contributed by atoms with Gasteiger partial charge in [-0.05, 0) is 26.7 Å². The number of aryl methyl sites for hydroxylation is 1. The molecule has 3 N–H and O–H groups in total. The van der Waals surface area contributed by atoms with Gasteiger partial charge in [0.1, 0.15) is 5.82 Å². The predicted molar refractivity (Wildman–Crippen MR) is 104 cm³/mol. The predicted octanol–water partition coefficient (Wildman–Crippen LogP) is 2.55. The smallest absolute Gasteiger partial charge is 0.280 e. The van der Waals surface area contributed by atoms with Crippen LogP contribution in [0, 0.1) is 5.41 Å². The van der Waals surface area contributed by atoms with Crippen molar-refractivity contribution in [1.29, 1.82) is 5.41 Å². The molecule has 3 aromatic heterocycles. The minimum absolute atomic E-state index is 0.0915. The maximum Gasteiger partial charge on any atom is 0.280 e. The van der Waals surface area contributed by atoms with Gasteiger partial charge in [-0.15, -0.1) is 0 Å². The number of nitrogens with zero attached hydrogens (tertiary/aromatic N) is 4. The van der Waals surface area contributed by atoms with Crippen LogP contribution in [-0.2, 0) is 6.54 Å². The van der Waals surface area contributed by atoms with E-state index in [2.05, 4.69) is 41.0 Å². The molecule has 26 heavy (non-hydrogen) atoms. The molecule has 0 aliphatic heterocycles. The van der Waals surface area contributed by atoms with Crippen molar-refractivity contribution >= 4 is 28.7 Å². The average Bonchev–Trinajstić information content (AvgIpc) is 3.26. The Balaban J connectivity index is 2.17. The van der Waals surface area contributed by atoms with Crippen molar-refractivity contribution in [2.75, 3.05) is 0 Å². The third-order valence-electron chi connectivity index (χ3n) is 4.61. The minimum atomic E-state index is -0.148. The highest BCUT2D eigenvalue weighted by Crippen LogP contribution is 2.16. The zero-order valence-corrected chi connectivity index (χ0v) is 15.6. The summed E-state index contributed by atoms with van der Waals surface area (Å²) in [4.78, 5) is 24.8. The first kappa shape index (κ1) is 17.9. The highest BCUT2D eigenvalue weighted by molar-refractivity contribution is 6.07. The Morgan fingerprint density at radius 2 is 2.19 bits per heavy atom. The van der Waals surface area contributed by atoms with Crippen LogP contribution in [0.25, 0.3) is 22.5 Å². The van der Waals surface area contributed by atoms with Crippen molar-refractivity contribution in [1.82, 2.24) is 29.2 Å². The molecule has 0 amide bonds. The van der Waals surface area contributed by atoms with Crippen LogP contribution >= 0.6 is 0 Å². The van der Waals surface area contributed by atoms with Crippen molar-refractivity contribution in [2.45, 2.75) is 52.6 Å². The number of aromatic nitrogens is 5. The fourth-order valence-electron chi connectivity index (χ4n) is 2.69. The fourth-order valence-corrected chi connectivity index (χ4v) is 2.69. The molecule has 3 rings (SSSR count). The Labute approximate surface area is 151 Å². The summed E-state index contributed by atoms with van der Waals surface area (Å²) in [5, 5.41) is 11.0. The Morgan fingerprint density at radius 1 is 1.42 bits per heavy atom. The maximum absolute atomic E-state index is 12.9. The number of hydrogen-bond acceptors (Lipinski definition) is 5. The second kappa shape index (κ2) is 6.78. The van der Waals surface area contributed by atoms with E-state index in [0.717, 1.165) is 12.8 Å². The van der Waals surface area contributed by atoms with E-state index in [1.54, 1.807) is 27.6 Å². The molecule has 8 nitrogen and oxygen atoms in total. The number of fused-ring (bicyclic) bond motifs is 3. The molecule has 0 radical (unpaired) electrons. The first-order chi connectivity index (χ1) is 12.4. The monoisotopic (exact) mass is 355 g/mol. The van der Waals surface area contributed by atoms with Gasteiger partial charge in [0.25, 0.3) is 5.56 Å². The second-order valence-electron chi connectivity index (χ2n) is 6.96. The van der Waals surface area contributed by atoms with Gasteiger partial charge in [-0.25, -0.2) is 9.97 Å². The molecular formula is C18H25N7O. The van der Waals surface area contributed by atoms with E-state index in [-0.39, 0.29) is 11.1 Å². The normalized spacial score (nSPS) is 12.8. The zero-order chi connectivity index (χ0) is 18.9. The van der Waals surface area contributed by atoms with Crippen molar-refractivity contribution in [3.63, 3.8) is 0 Å². The van der Waals surface area contributed by atoms with Crippen molar-refractivity contribution in [3.8, 4) is 0 Å². The van der Waals surface area contributed by atoms with Gasteiger partial charge in [0, 0.05) is 36.9 Å². The van der Waals surface area contributed by atoms with Crippen molar-refractivity contribution in [2.24, 2.45) is 0 Å². The molecule has 8 heteroatoms. The van der Waals surface area contributed by atoms with Crippen LogP contribution in [0.3, 0.4) is 0 Å². The number of rotatable bonds is 7. The SMILES string of the molecule is CCCn1c(=O)c2[nH]c(/C(C=N)=C/NC(C)(C)CC)nc2n2ccnc12. The topological polar surface area (TPSA) is 104 Å². The van der Waals surface area contributed by atoms with Gasteiger partial charge in [0.2, 0.25) is 5.78 Å². The van der Waals surface area contributed by atoms with Gasteiger partial charge in [0.15, 0.2) is 11.2 Å². The fraction of sp³-hybridized carbons (Fsp3) is 0.444. The largest absolute Gasteiger partial charge is 0.385 e. The molecule has 0 saturated heterocycles. The molecule has 3 aromatic rings. The molecule has 0 atom stereocenters. The van der Waals surface area contributed by atoms with E-state index in [1.165, 1.54) is 6.21 Å². The van der Waals surface area contributed by atoms with Crippen LogP contribution in [0.5, 0.6) is 0 Å². The summed E-state index contributed by atoms with van der Waals surface area (Å²) in [5.41, 5.74) is 1.28. The molecule has 0 fully saturated rings. The van der Waals surface area contributed by atoms with E-state index < -0.39 is 0 Å². The summed E-state index contributed by atoms with van der Waals surface area (Å²) in [6.45, 7) is 8.87. The number of allylic oxidation sites excluding steroid dienone is 1. The third-order valence-corrected chi connectivity index (χ3v) is 4.61. The van der Waals surface area contributed by atoms with E-state index >= 15 is 0 Å². The lowest BCUT2D eigenvalue weighted by Crippen LogP contribution is -2.34. The number of hydrogen-bond donors (Lipinski definition) is 3. The highest BCUT2D eigenvalue weighted by atomic mass is 16.1. The first-order valence-electron chi connectivity index (χ1n) is 8.86. The number of imidazole rings is 2. The number of nitrogens with one attached hydrogen (secondary N) is 3. The highest BCUT2D eigenvalue weighted by Gasteiger charge is 2.17. The first-order valence-corrected chi connectivity index (χ1v) is 8.86. The van der Waals surface area contributed by atoms with E-state index in [0.29, 0.717) is 34.9 Å². The van der Waals surface area contributed by atoms with Gasteiger partial charge in [0.05, 0.1) is 5.57 Å². The quantitative estimate of drug-likeness (QED) is 0.567. The summed E-state index contributed by atoms with van der Waals surface area (Å²) < 4.78 is 3.45. The van der Waals surface area contributed by atoms with Crippen LogP contribution in [0.15, 0.2) is 23.4 Å². The summed E-state index contributed by atoms with van der Waals surface area (Å²) >= 11 is 0. The lowest BCUT2D eigenvalue weighted by Gasteiger charge is -2.23. The van der Waals surface area contributed by atoms with Crippen LogP contribution in [0.1, 0.15) is 46.4 Å². The summed E-state index contributed by atoms with van der Waals surface area (Å²) in [6.07, 6.45) is 8.21. The molecule has 0 saturated carbocycles. The summed E-state index contributed by atoms with van der Waals surface area (Å²) in [5.74, 6) is 1.06.